The van der Waals surface area contributed by atoms with E-state index in [1.807, 2.05) is 6.92 Å². The molecule has 0 aliphatic carbocycles. The lowest BCUT2D eigenvalue weighted by atomic mass is 10.0. The first-order valence-electron chi connectivity index (χ1n) is 6.06. The monoisotopic (exact) mass is 313 g/mol. The minimum absolute atomic E-state index is 0. The van der Waals surface area contributed by atoms with E-state index in [9.17, 15) is 13.2 Å². The van der Waals surface area contributed by atoms with Crippen molar-refractivity contribution >= 4 is 12.4 Å². The third-order valence-corrected chi connectivity index (χ3v) is 2.71. The van der Waals surface area contributed by atoms with Crippen LogP contribution >= 0.6 is 12.4 Å². The van der Waals surface area contributed by atoms with Crippen LogP contribution in [0.2, 0.25) is 0 Å². The third kappa shape index (κ3) is 5.88. The molecule has 0 radical (unpaired) electrons. The third-order valence-electron chi connectivity index (χ3n) is 2.71. The lowest BCUT2D eigenvalue weighted by molar-refractivity contribution is -0.274. The molecule has 0 aromatic heterocycles. The highest BCUT2D eigenvalue weighted by molar-refractivity contribution is 5.85. The Bertz CT molecular complexity index is 413. The highest BCUT2D eigenvalue weighted by atomic mass is 35.5. The van der Waals surface area contributed by atoms with Crippen LogP contribution in [0.3, 0.4) is 0 Å². The molecule has 0 bridgehead atoms. The van der Waals surface area contributed by atoms with Crippen LogP contribution in [-0.2, 0) is 0 Å². The van der Waals surface area contributed by atoms with Crippen molar-refractivity contribution in [3.63, 3.8) is 0 Å². The molecule has 0 spiro atoms. The van der Waals surface area contributed by atoms with E-state index < -0.39 is 6.36 Å². The Kier molecular flexibility index (Phi) is 7.75. The smallest absolute Gasteiger partial charge is 0.496 e. The van der Waals surface area contributed by atoms with E-state index in [0.717, 1.165) is 19.3 Å². The van der Waals surface area contributed by atoms with Gasteiger partial charge in [-0.05, 0) is 12.5 Å². The molecular weight excluding hydrogens is 295 g/mol. The summed E-state index contributed by atoms with van der Waals surface area (Å²) in [6.07, 6.45) is -2.00. The van der Waals surface area contributed by atoms with Gasteiger partial charge in [0.1, 0.15) is 11.5 Å². The number of benzene rings is 1. The predicted molar refractivity (Wildman–Crippen MR) is 73.4 cm³/mol. The number of ether oxygens (including phenoxy) is 2. The van der Waals surface area contributed by atoms with E-state index in [2.05, 4.69) is 4.74 Å². The maximum atomic E-state index is 12.1. The summed E-state index contributed by atoms with van der Waals surface area (Å²) in [5.41, 5.74) is 6.68. The highest BCUT2D eigenvalue weighted by Crippen LogP contribution is 2.32. The molecule has 0 unspecified atom stereocenters. The zero-order valence-electron chi connectivity index (χ0n) is 11.4. The fraction of sp³-hybridized carbons (Fsp3) is 0.538. The molecule has 0 aliphatic heterocycles. The van der Waals surface area contributed by atoms with Crippen LogP contribution in [0.5, 0.6) is 11.5 Å². The molecule has 3 nitrogen and oxygen atoms in total. The van der Waals surface area contributed by atoms with Crippen LogP contribution < -0.4 is 15.2 Å². The molecule has 0 saturated heterocycles. The molecule has 1 aromatic rings. The van der Waals surface area contributed by atoms with Gasteiger partial charge in [-0.15, -0.1) is 25.6 Å². The maximum Gasteiger partial charge on any atom is 0.573 e. The van der Waals surface area contributed by atoms with Gasteiger partial charge in [0.25, 0.3) is 0 Å². The van der Waals surface area contributed by atoms with E-state index in [0.29, 0.717) is 11.3 Å². The zero-order chi connectivity index (χ0) is 14.5. The molecule has 1 aromatic carbocycles. The molecule has 1 atom stereocenters. The molecule has 20 heavy (non-hydrogen) atoms. The van der Waals surface area contributed by atoms with Gasteiger partial charge >= 0.3 is 6.36 Å². The minimum Gasteiger partial charge on any atom is -0.496 e. The number of nitrogens with two attached hydrogens (primary N) is 1. The van der Waals surface area contributed by atoms with Gasteiger partial charge in [-0.25, -0.2) is 0 Å². The second kappa shape index (κ2) is 8.21. The van der Waals surface area contributed by atoms with Crippen LogP contribution in [0.1, 0.15) is 37.8 Å². The Morgan fingerprint density at radius 3 is 2.45 bits per heavy atom. The summed E-state index contributed by atoms with van der Waals surface area (Å²) < 4.78 is 45.3. The normalized spacial score (nSPS) is 12.5. The number of methoxy groups -OCH3 is 1. The largest absolute Gasteiger partial charge is 0.573 e. The summed E-state index contributed by atoms with van der Waals surface area (Å²) in [6, 6.07) is 3.71. The number of halogens is 4. The van der Waals surface area contributed by atoms with Crippen molar-refractivity contribution < 1.29 is 22.6 Å². The summed E-state index contributed by atoms with van der Waals surface area (Å²) in [5.74, 6) is 0.00106. The lowest BCUT2D eigenvalue weighted by Gasteiger charge is -2.17. The molecule has 0 amide bonds. The number of hydrogen-bond donors (Lipinski definition) is 1. The summed E-state index contributed by atoms with van der Waals surface area (Å²) in [5, 5.41) is 0. The maximum absolute atomic E-state index is 12.1. The Balaban J connectivity index is 0.00000361. The molecule has 0 aliphatic rings. The average Bonchev–Trinajstić information content (AvgIpc) is 2.33. The standard InChI is InChI=1S/C13H18F3NO2.ClH/c1-3-4-5-11(17)10-7-6-9(8-12(10)18-2)19-13(14,15)16;/h6-8,11H,3-5,17H2,1-2H3;1H/t11-;/m1./s1. The summed E-state index contributed by atoms with van der Waals surface area (Å²) >= 11 is 0. The zero-order valence-corrected chi connectivity index (χ0v) is 12.2. The van der Waals surface area contributed by atoms with E-state index in [1.165, 1.54) is 25.3 Å². The van der Waals surface area contributed by atoms with E-state index in [1.54, 1.807) is 0 Å². The van der Waals surface area contributed by atoms with Crippen LogP contribution in [0, 0.1) is 0 Å². The van der Waals surface area contributed by atoms with Crippen LogP contribution in [-0.4, -0.2) is 13.5 Å². The van der Waals surface area contributed by atoms with Gasteiger partial charge in [0.05, 0.1) is 7.11 Å². The summed E-state index contributed by atoms with van der Waals surface area (Å²) in [6.45, 7) is 2.05. The highest BCUT2D eigenvalue weighted by Gasteiger charge is 2.31. The SMILES string of the molecule is CCCC[C@@H](N)c1ccc(OC(F)(F)F)cc1OC.Cl. The molecule has 7 heteroatoms. The Hall–Kier alpha value is -1.14. The predicted octanol–water partition coefficient (Wildman–Crippen LogP) is 4.21. The van der Waals surface area contributed by atoms with Crippen molar-refractivity contribution in [2.45, 2.75) is 38.6 Å². The molecule has 0 heterocycles. The van der Waals surface area contributed by atoms with E-state index >= 15 is 0 Å². The second-order valence-corrected chi connectivity index (χ2v) is 4.20. The Morgan fingerprint density at radius 1 is 1.30 bits per heavy atom. The molecule has 116 valence electrons. The lowest BCUT2D eigenvalue weighted by Crippen LogP contribution is -2.17. The average molecular weight is 314 g/mol. The molecule has 0 saturated carbocycles. The molecular formula is C13H19ClF3NO2. The van der Waals surface area contributed by atoms with Crippen molar-refractivity contribution in [1.82, 2.24) is 0 Å². The first-order chi connectivity index (χ1) is 8.87. The van der Waals surface area contributed by atoms with Crippen LogP contribution in [0.25, 0.3) is 0 Å². The molecule has 0 fully saturated rings. The van der Waals surface area contributed by atoms with E-state index in [-0.39, 0.29) is 24.2 Å². The topological polar surface area (TPSA) is 44.5 Å². The van der Waals surface area contributed by atoms with Gasteiger partial charge in [0.2, 0.25) is 0 Å². The number of unbranched alkanes of at least 4 members (excludes halogenated alkanes) is 1. The van der Waals surface area contributed by atoms with Gasteiger partial charge in [0, 0.05) is 17.7 Å². The van der Waals surface area contributed by atoms with Gasteiger partial charge < -0.3 is 15.2 Å². The van der Waals surface area contributed by atoms with Crippen LogP contribution in [0.15, 0.2) is 18.2 Å². The number of rotatable bonds is 6. The summed E-state index contributed by atoms with van der Waals surface area (Å²) in [7, 11) is 1.39. The summed E-state index contributed by atoms with van der Waals surface area (Å²) in [4.78, 5) is 0. The van der Waals surface area contributed by atoms with E-state index in [4.69, 9.17) is 10.5 Å². The van der Waals surface area contributed by atoms with Crippen molar-refractivity contribution in [1.29, 1.82) is 0 Å². The van der Waals surface area contributed by atoms with Crippen molar-refractivity contribution in [3.05, 3.63) is 23.8 Å². The van der Waals surface area contributed by atoms with Crippen LogP contribution in [0.4, 0.5) is 13.2 Å². The van der Waals surface area contributed by atoms with Gasteiger partial charge in [-0.3, -0.25) is 0 Å². The fourth-order valence-electron chi connectivity index (χ4n) is 1.77. The minimum atomic E-state index is -4.71. The molecule has 1 rings (SSSR count). The Morgan fingerprint density at radius 2 is 1.95 bits per heavy atom. The molecule has 2 N–H and O–H groups in total. The second-order valence-electron chi connectivity index (χ2n) is 4.20. The van der Waals surface area contributed by atoms with Crippen molar-refractivity contribution in [2.24, 2.45) is 5.73 Å². The number of hydrogen-bond acceptors (Lipinski definition) is 3. The van der Waals surface area contributed by atoms with Gasteiger partial charge in [-0.1, -0.05) is 25.8 Å². The van der Waals surface area contributed by atoms with Crippen molar-refractivity contribution in [2.75, 3.05) is 7.11 Å². The Labute approximate surface area is 122 Å². The number of alkyl halides is 3. The first kappa shape index (κ1) is 18.9. The van der Waals surface area contributed by atoms with Gasteiger partial charge in [-0.2, -0.15) is 0 Å². The first-order valence-corrected chi connectivity index (χ1v) is 6.06. The quantitative estimate of drug-likeness (QED) is 0.855. The van der Waals surface area contributed by atoms with Gasteiger partial charge in [0.15, 0.2) is 0 Å². The van der Waals surface area contributed by atoms with Crippen molar-refractivity contribution in [3.8, 4) is 11.5 Å². The fourth-order valence-corrected chi connectivity index (χ4v) is 1.77.